The van der Waals surface area contributed by atoms with Crippen LogP contribution in [0.2, 0.25) is 0 Å². The molecule has 0 radical (unpaired) electrons. The summed E-state index contributed by atoms with van der Waals surface area (Å²) in [6.45, 7) is 0. The molecule has 1 unspecified atom stereocenters. The van der Waals surface area contributed by atoms with Crippen molar-refractivity contribution in [1.29, 1.82) is 0 Å². The lowest BCUT2D eigenvalue weighted by Crippen LogP contribution is -2.22. The van der Waals surface area contributed by atoms with E-state index in [2.05, 4.69) is 25.7 Å². The number of ether oxygens (including phenoxy) is 1. The van der Waals surface area contributed by atoms with Gasteiger partial charge in [0.25, 0.3) is 0 Å². The lowest BCUT2D eigenvalue weighted by atomic mass is 10.2. The van der Waals surface area contributed by atoms with E-state index in [4.69, 9.17) is 5.73 Å². The molecule has 1 aromatic heterocycles. The Hall–Kier alpha value is -1.33. The van der Waals surface area contributed by atoms with Crippen molar-refractivity contribution in [2.24, 2.45) is 5.73 Å². The third-order valence-electron chi connectivity index (χ3n) is 2.42. The minimum Gasteiger partial charge on any atom is -0.468 e. The van der Waals surface area contributed by atoms with Crippen molar-refractivity contribution in [3.63, 3.8) is 0 Å². The van der Waals surface area contributed by atoms with Gasteiger partial charge in [-0.25, -0.2) is 4.79 Å². The Balaban J connectivity index is 2.47. The number of hydrogen-bond donors (Lipinski definition) is 2. The number of methoxy groups -OCH3 is 1. The van der Waals surface area contributed by atoms with E-state index in [0.29, 0.717) is 5.69 Å². The second-order valence-corrected chi connectivity index (χ2v) is 4.28. The summed E-state index contributed by atoms with van der Waals surface area (Å²) in [5.41, 5.74) is 7.32. The molecule has 0 fully saturated rings. The molecule has 2 rings (SSSR count). The highest BCUT2D eigenvalue weighted by atomic mass is 79.9. The van der Waals surface area contributed by atoms with Crippen LogP contribution in [0.4, 0.5) is 0 Å². The number of esters is 1. The number of benzene rings is 1. The number of nitrogens with one attached hydrogen (secondary N) is 1. The summed E-state index contributed by atoms with van der Waals surface area (Å²) in [6.07, 6.45) is 0. The van der Waals surface area contributed by atoms with Crippen molar-refractivity contribution in [1.82, 2.24) is 4.98 Å². The fraction of sp³-hybridized carbons (Fsp3) is 0.182. The van der Waals surface area contributed by atoms with Gasteiger partial charge in [-0.15, -0.1) is 0 Å². The molecule has 0 aliphatic rings. The first-order valence-corrected chi connectivity index (χ1v) is 5.53. The van der Waals surface area contributed by atoms with Crippen LogP contribution in [0.5, 0.6) is 0 Å². The second kappa shape index (κ2) is 4.27. The van der Waals surface area contributed by atoms with Crippen molar-refractivity contribution in [2.75, 3.05) is 7.11 Å². The van der Waals surface area contributed by atoms with E-state index in [1.54, 1.807) is 0 Å². The van der Waals surface area contributed by atoms with Crippen LogP contribution in [0.15, 0.2) is 28.7 Å². The van der Waals surface area contributed by atoms with Gasteiger partial charge in [-0.2, -0.15) is 0 Å². The Morgan fingerprint density at radius 1 is 1.56 bits per heavy atom. The lowest BCUT2D eigenvalue weighted by molar-refractivity contribution is -0.142. The van der Waals surface area contributed by atoms with Crippen molar-refractivity contribution in [2.45, 2.75) is 6.04 Å². The molecule has 5 heteroatoms. The molecule has 0 saturated carbocycles. The molecule has 4 nitrogen and oxygen atoms in total. The normalized spacial score (nSPS) is 12.7. The van der Waals surface area contributed by atoms with E-state index >= 15 is 0 Å². The zero-order valence-electron chi connectivity index (χ0n) is 8.66. The van der Waals surface area contributed by atoms with Crippen LogP contribution >= 0.6 is 15.9 Å². The number of carbonyl (C=O) groups excluding carboxylic acids is 1. The van der Waals surface area contributed by atoms with E-state index in [1.165, 1.54) is 7.11 Å². The number of fused-ring (bicyclic) bond motifs is 1. The molecule has 0 bridgehead atoms. The number of hydrogen-bond acceptors (Lipinski definition) is 3. The zero-order chi connectivity index (χ0) is 11.7. The molecule has 16 heavy (non-hydrogen) atoms. The van der Waals surface area contributed by atoms with Crippen LogP contribution in [-0.2, 0) is 9.53 Å². The number of H-pyrrole nitrogens is 1. The molecule has 1 heterocycles. The summed E-state index contributed by atoms with van der Waals surface area (Å²) in [6, 6.07) is 6.87. The number of nitrogens with two attached hydrogens (primary N) is 1. The first-order valence-electron chi connectivity index (χ1n) is 4.74. The van der Waals surface area contributed by atoms with Gasteiger partial charge in [0.2, 0.25) is 0 Å². The van der Waals surface area contributed by atoms with Crippen LogP contribution in [0.1, 0.15) is 11.7 Å². The highest BCUT2D eigenvalue weighted by Gasteiger charge is 2.18. The molecule has 3 N–H and O–H groups in total. The summed E-state index contributed by atoms with van der Waals surface area (Å²) in [5.74, 6) is -0.456. The number of rotatable bonds is 2. The third kappa shape index (κ3) is 1.83. The summed E-state index contributed by atoms with van der Waals surface area (Å²) >= 11 is 3.43. The van der Waals surface area contributed by atoms with Gasteiger partial charge in [0, 0.05) is 15.6 Å². The number of aromatic amines is 1. The first kappa shape index (κ1) is 11.2. The van der Waals surface area contributed by atoms with Crippen molar-refractivity contribution < 1.29 is 9.53 Å². The molecule has 0 saturated heterocycles. The Kier molecular flexibility index (Phi) is 2.98. The predicted octanol–water partition coefficient (Wildman–Crippen LogP) is 2.10. The Morgan fingerprint density at radius 3 is 2.94 bits per heavy atom. The van der Waals surface area contributed by atoms with Gasteiger partial charge in [0.1, 0.15) is 6.04 Å². The number of carbonyl (C=O) groups is 1. The second-order valence-electron chi connectivity index (χ2n) is 3.43. The van der Waals surface area contributed by atoms with Gasteiger partial charge in [0.15, 0.2) is 0 Å². The Labute approximate surface area is 101 Å². The van der Waals surface area contributed by atoms with Gasteiger partial charge in [-0.1, -0.05) is 12.1 Å². The lowest BCUT2D eigenvalue weighted by Gasteiger charge is -2.05. The maximum atomic E-state index is 11.3. The Morgan fingerprint density at radius 2 is 2.31 bits per heavy atom. The van der Waals surface area contributed by atoms with E-state index < -0.39 is 12.0 Å². The fourth-order valence-corrected chi connectivity index (χ4v) is 2.04. The van der Waals surface area contributed by atoms with Gasteiger partial charge >= 0.3 is 5.97 Å². The van der Waals surface area contributed by atoms with E-state index in [1.807, 2.05) is 24.3 Å². The first-order chi connectivity index (χ1) is 7.63. The van der Waals surface area contributed by atoms with E-state index in [0.717, 1.165) is 15.4 Å². The maximum absolute atomic E-state index is 11.3. The molecule has 1 aromatic carbocycles. The quantitative estimate of drug-likeness (QED) is 0.829. The molecule has 1 atom stereocenters. The highest BCUT2D eigenvalue weighted by molar-refractivity contribution is 9.10. The molecule has 2 aromatic rings. The number of aromatic nitrogens is 1. The van der Waals surface area contributed by atoms with Gasteiger partial charge in [-0.05, 0) is 28.1 Å². The molecular formula is C11H11BrN2O2. The standard InChI is InChI=1S/C11H11BrN2O2/c1-16-11(15)9(13)8-5-6-3-2-4-7(12)10(6)14-8/h2-5,9,14H,13H2,1H3. The minimum absolute atomic E-state index is 0.456. The predicted molar refractivity (Wildman–Crippen MR) is 64.9 cm³/mol. The van der Waals surface area contributed by atoms with Crippen LogP contribution in [0.25, 0.3) is 10.9 Å². The SMILES string of the molecule is COC(=O)C(N)c1cc2cccc(Br)c2[nH]1. The average Bonchev–Trinajstić information content (AvgIpc) is 2.72. The zero-order valence-corrected chi connectivity index (χ0v) is 10.2. The van der Waals surface area contributed by atoms with Gasteiger partial charge < -0.3 is 15.5 Å². The van der Waals surface area contributed by atoms with Gasteiger partial charge in [0.05, 0.1) is 12.6 Å². The molecule has 0 spiro atoms. The van der Waals surface area contributed by atoms with E-state index in [-0.39, 0.29) is 0 Å². The van der Waals surface area contributed by atoms with Crippen molar-refractivity contribution in [3.8, 4) is 0 Å². The fourth-order valence-electron chi connectivity index (χ4n) is 1.56. The summed E-state index contributed by atoms with van der Waals surface area (Å²) < 4.78 is 5.54. The largest absolute Gasteiger partial charge is 0.468 e. The summed E-state index contributed by atoms with van der Waals surface area (Å²) in [7, 11) is 1.32. The average molecular weight is 283 g/mol. The molecule has 0 aliphatic carbocycles. The van der Waals surface area contributed by atoms with Crippen LogP contribution in [0.3, 0.4) is 0 Å². The topological polar surface area (TPSA) is 68.1 Å². The van der Waals surface area contributed by atoms with Crippen LogP contribution in [0, 0.1) is 0 Å². The van der Waals surface area contributed by atoms with E-state index in [9.17, 15) is 4.79 Å². The highest BCUT2D eigenvalue weighted by Crippen LogP contribution is 2.25. The molecule has 0 aliphatic heterocycles. The molecule has 0 amide bonds. The molecular weight excluding hydrogens is 272 g/mol. The monoisotopic (exact) mass is 282 g/mol. The van der Waals surface area contributed by atoms with Crippen molar-refractivity contribution >= 4 is 32.8 Å². The third-order valence-corrected chi connectivity index (χ3v) is 3.08. The number of halogens is 1. The Bertz CT molecular complexity index is 536. The summed E-state index contributed by atoms with van der Waals surface area (Å²) in [5, 5.41) is 1.00. The van der Waals surface area contributed by atoms with Crippen LogP contribution < -0.4 is 5.73 Å². The smallest absolute Gasteiger partial charge is 0.328 e. The minimum atomic E-state index is -0.774. The van der Waals surface area contributed by atoms with Crippen LogP contribution in [-0.4, -0.2) is 18.1 Å². The number of para-hydroxylation sites is 1. The molecule has 84 valence electrons. The van der Waals surface area contributed by atoms with Crippen molar-refractivity contribution in [3.05, 3.63) is 34.4 Å². The maximum Gasteiger partial charge on any atom is 0.328 e. The van der Waals surface area contributed by atoms with Gasteiger partial charge in [-0.3, -0.25) is 0 Å². The summed E-state index contributed by atoms with van der Waals surface area (Å²) in [4.78, 5) is 14.4.